The average molecular weight is 269 g/mol. The highest BCUT2D eigenvalue weighted by Crippen LogP contribution is 2.20. The van der Waals surface area contributed by atoms with E-state index in [0.717, 1.165) is 58.5 Å². The van der Waals surface area contributed by atoms with Crippen LogP contribution < -0.4 is 5.32 Å². The first-order chi connectivity index (χ1) is 9.16. The second-order valence-electron chi connectivity index (χ2n) is 5.84. The number of carbonyl (C=O) groups excluding carboxylic acids is 1. The van der Waals surface area contributed by atoms with Crippen molar-refractivity contribution in [3.05, 3.63) is 0 Å². The molecule has 110 valence electrons. The first kappa shape index (κ1) is 14.8. The number of nitrogens with zero attached hydrogens (tertiary/aromatic N) is 2. The molecule has 2 fully saturated rings. The molecule has 0 radical (unpaired) electrons. The van der Waals surface area contributed by atoms with E-state index in [1.165, 1.54) is 0 Å². The Morgan fingerprint density at radius 1 is 1.26 bits per heavy atom. The summed E-state index contributed by atoms with van der Waals surface area (Å²) in [6, 6.07) is 0. The van der Waals surface area contributed by atoms with Crippen LogP contribution in [0.5, 0.6) is 0 Å². The highest BCUT2D eigenvalue weighted by Gasteiger charge is 2.26. The van der Waals surface area contributed by atoms with E-state index in [1.54, 1.807) is 0 Å². The molecule has 5 heteroatoms. The van der Waals surface area contributed by atoms with Gasteiger partial charge in [-0.25, -0.2) is 0 Å². The molecule has 2 rings (SSSR count). The van der Waals surface area contributed by atoms with E-state index in [4.69, 9.17) is 0 Å². The van der Waals surface area contributed by atoms with Crippen molar-refractivity contribution in [3.63, 3.8) is 0 Å². The van der Waals surface area contributed by atoms with E-state index in [9.17, 15) is 9.90 Å². The van der Waals surface area contributed by atoms with Crippen molar-refractivity contribution in [1.29, 1.82) is 0 Å². The summed E-state index contributed by atoms with van der Waals surface area (Å²) in [6.45, 7) is 8.05. The van der Waals surface area contributed by atoms with E-state index in [-0.39, 0.29) is 12.0 Å². The van der Waals surface area contributed by atoms with Gasteiger partial charge in [-0.2, -0.15) is 0 Å². The molecular formula is C14H27N3O2. The molecule has 2 aliphatic rings. The number of aliphatic hydroxyl groups excluding tert-OH is 1. The van der Waals surface area contributed by atoms with Crippen LogP contribution in [-0.2, 0) is 4.79 Å². The first-order valence-electron chi connectivity index (χ1n) is 7.55. The lowest BCUT2D eigenvalue weighted by atomic mass is 9.92. The van der Waals surface area contributed by atoms with Crippen LogP contribution in [0.15, 0.2) is 0 Å². The van der Waals surface area contributed by atoms with Crippen molar-refractivity contribution >= 4 is 5.91 Å². The average Bonchev–Trinajstić information content (AvgIpc) is 2.67. The summed E-state index contributed by atoms with van der Waals surface area (Å²) in [7, 11) is 0. The Labute approximate surface area is 115 Å². The van der Waals surface area contributed by atoms with Gasteiger partial charge in [-0.15, -0.1) is 0 Å². The maximum absolute atomic E-state index is 12.3. The molecule has 19 heavy (non-hydrogen) atoms. The normalized spacial score (nSPS) is 25.1. The summed E-state index contributed by atoms with van der Waals surface area (Å²) in [5.41, 5.74) is 0. The fourth-order valence-corrected chi connectivity index (χ4v) is 2.98. The molecule has 0 aromatic rings. The minimum absolute atomic E-state index is 0.242. The molecule has 0 spiro atoms. The van der Waals surface area contributed by atoms with E-state index in [1.807, 2.05) is 11.8 Å². The van der Waals surface area contributed by atoms with Crippen LogP contribution in [0.1, 0.15) is 26.2 Å². The Bertz CT molecular complexity index is 280. The van der Waals surface area contributed by atoms with Crippen molar-refractivity contribution in [2.75, 3.05) is 45.8 Å². The molecule has 5 nitrogen and oxygen atoms in total. The fraction of sp³-hybridized carbons (Fsp3) is 0.929. The first-order valence-corrected chi connectivity index (χ1v) is 7.55. The predicted octanol–water partition coefficient (Wildman–Crippen LogP) is -0.0989. The van der Waals surface area contributed by atoms with Gasteiger partial charge in [-0.05, 0) is 45.2 Å². The van der Waals surface area contributed by atoms with Crippen molar-refractivity contribution in [2.24, 2.45) is 5.92 Å². The fourth-order valence-electron chi connectivity index (χ4n) is 2.98. The third-order valence-corrected chi connectivity index (χ3v) is 4.37. The number of nitrogens with one attached hydrogen (secondary N) is 1. The quantitative estimate of drug-likeness (QED) is 0.751. The minimum atomic E-state index is -0.242. The molecule has 0 aromatic heterocycles. The SMILES string of the molecule is CC(O)C1CCN(C(=O)CN2CCCNCC2)CC1. The van der Waals surface area contributed by atoms with Gasteiger partial charge in [0.05, 0.1) is 12.6 Å². The number of hydrogen-bond acceptors (Lipinski definition) is 4. The molecule has 1 amide bonds. The second-order valence-corrected chi connectivity index (χ2v) is 5.84. The van der Waals surface area contributed by atoms with Gasteiger partial charge >= 0.3 is 0 Å². The molecular weight excluding hydrogens is 242 g/mol. The Hall–Kier alpha value is -0.650. The topological polar surface area (TPSA) is 55.8 Å². The predicted molar refractivity (Wildman–Crippen MR) is 74.9 cm³/mol. The number of aliphatic hydroxyl groups is 1. The van der Waals surface area contributed by atoms with Crippen molar-refractivity contribution < 1.29 is 9.90 Å². The third kappa shape index (κ3) is 4.44. The zero-order valence-electron chi connectivity index (χ0n) is 12.0. The molecule has 2 saturated heterocycles. The van der Waals surface area contributed by atoms with Gasteiger partial charge < -0.3 is 15.3 Å². The summed E-state index contributed by atoms with van der Waals surface area (Å²) < 4.78 is 0. The lowest BCUT2D eigenvalue weighted by Crippen LogP contribution is -2.46. The van der Waals surface area contributed by atoms with E-state index in [2.05, 4.69) is 10.2 Å². The van der Waals surface area contributed by atoms with Gasteiger partial charge in [0.1, 0.15) is 0 Å². The summed E-state index contributed by atoms with van der Waals surface area (Å²) in [5, 5.41) is 12.9. The van der Waals surface area contributed by atoms with Gasteiger partial charge in [-0.1, -0.05) is 0 Å². The maximum Gasteiger partial charge on any atom is 0.236 e. The van der Waals surface area contributed by atoms with Crippen LogP contribution in [0.25, 0.3) is 0 Å². The number of rotatable bonds is 3. The molecule has 0 aromatic carbocycles. The van der Waals surface area contributed by atoms with Crippen LogP contribution in [0, 0.1) is 5.92 Å². The molecule has 0 saturated carbocycles. The van der Waals surface area contributed by atoms with Crippen molar-refractivity contribution in [3.8, 4) is 0 Å². The van der Waals surface area contributed by atoms with E-state index < -0.39 is 0 Å². The monoisotopic (exact) mass is 269 g/mol. The Morgan fingerprint density at radius 2 is 2.00 bits per heavy atom. The zero-order valence-corrected chi connectivity index (χ0v) is 12.0. The van der Waals surface area contributed by atoms with E-state index in [0.29, 0.717) is 12.5 Å². The van der Waals surface area contributed by atoms with Crippen LogP contribution in [0.4, 0.5) is 0 Å². The third-order valence-electron chi connectivity index (χ3n) is 4.37. The van der Waals surface area contributed by atoms with Crippen molar-refractivity contribution in [1.82, 2.24) is 15.1 Å². The van der Waals surface area contributed by atoms with Crippen LogP contribution in [0.2, 0.25) is 0 Å². The Kier molecular flexibility index (Phi) is 5.60. The summed E-state index contributed by atoms with van der Waals surface area (Å²) >= 11 is 0. The smallest absolute Gasteiger partial charge is 0.236 e. The second kappa shape index (κ2) is 7.22. The molecule has 2 heterocycles. The maximum atomic E-state index is 12.3. The molecule has 1 atom stereocenters. The van der Waals surface area contributed by atoms with Crippen LogP contribution >= 0.6 is 0 Å². The van der Waals surface area contributed by atoms with Gasteiger partial charge in [0.25, 0.3) is 0 Å². The standard InChI is InChI=1S/C14H27N3O2/c1-12(18)13-3-8-17(9-4-13)14(19)11-16-7-2-5-15-6-10-16/h12-13,15,18H,2-11H2,1H3. The zero-order chi connectivity index (χ0) is 13.7. The van der Waals surface area contributed by atoms with Crippen LogP contribution in [-0.4, -0.2) is 72.7 Å². The summed E-state index contributed by atoms with van der Waals surface area (Å²) in [5.74, 6) is 0.623. The number of likely N-dealkylation sites (tertiary alicyclic amines) is 1. The summed E-state index contributed by atoms with van der Waals surface area (Å²) in [6.07, 6.45) is 2.75. The number of piperidine rings is 1. The highest BCUT2D eigenvalue weighted by atomic mass is 16.3. The lowest BCUT2D eigenvalue weighted by molar-refractivity contribution is -0.134. The summed E-state index contributed by atoms with van der Waals surface area (Å²) in [4.78, 5) is 16.5. The lowest BCUT2D eigenvalue weighted by Gasteiger charge is -2.34. The molecule has 2 N–H and O–H groups in total. The molecule has 2 aliphatic heterocycles. The van der Waals surface area contributed by atoms with Crippen LogP contribution in [0.3, 0.4) is 0 Å². The minimum Gasteiger partial charge on any atom is -0.393 e. The molecule has 0 bridgehead atoms. The van der Waals surface area contributed by atoms with Gasteiger partial charge in [-0.3, -0.25) is 9.69 Å². The van der Waals surface area contributed by atoms with E-state index >= 15 is 0 Å². The largest absolute Gasteiger partial charge is 0.393 e. The number of hydrogen-bond donors (Lipinski definition) is 2. The molecule has 1 unspecified atom stereocenters. The Balaban J connectivity index is 1.74. The number of amides is 1. The molecule has 0 aliphatic carbocycles. The van der Waals surface area contributed by atoms with Gasteiger partial charge in [0.2, 0.25) is 5.91 Å². The number of carbonyl (C=O) groups is 1. The highest BCUT2D eigenvalue weighted by molar-refractivity contribution is 5.78. The Morgan fingerprint density at radius 3 is 2.68 bits per heavy atom. The van der Waals surface area contributed by atoms with Gasteiger partial charge in [0, 0.05) is 26.2 Å². The van der Waals surface area contributed by atoms with Crippen molar-refractivity contribution in [2.45, 2.75) is 32.3 Å². The van der Waals surface area contributed by atoms with Gasteiger partial charge in [0.15, 0.2) is 0 Å².